The first-order valence-electron chi connectivity index (χ1n) is 7.02. The van der Waals surface area contributed by atoms with Gasteiger partial charge in [-0.15, -0.1) is 11.8 Å². The maximum absolute atomic E-state index is 12.8. The van der Waals surface area contributed by atoms with Crippen LogP contribution < -0.4 is 10.1 Å². The van der Waals surface area contributed by atoms with Gasteiger partial charge in [-0.2, -0.15) is 0 Å². The Balaban J connectivity index is 1.74. The van der Waals surface area contributed by atoms with Gasteiger partial charge in [0.05, 0.1) is 12.4 Å². The molecule has 5 heteroatoms. The third-order valence-electron chi connectivity index (χ3n) is 2.86. The summed E-state index contributed by atoms with van der Waals surface area (Å²) >= 11 is 1.49. The van der Waals surface area contributed by atoms with Crippen LogP contribution in [0, 0.1) is 5.82 Å². The van der Waals surface area contributed by atoms with Crippen LogP contribution in [0.15, 0.2) is 48.5 Å². The zero-order valence-corrected chi connectivity index (χ0v) is 13.2. The van der Waals surface area contributed by atoms with Gasteiger partial charge in [0.2, 0.25) is 5.91 Å². The number of anilines is 1. The number of carbonyl (C=O) groups is 1. The van der Waals surface area contributed by atoms with Crippen molar-refractivity contribution < 1.29 is 13.9 Å². The fraction of sp³-hybridized carbons (Fsp3) is 0.235. The van der Waals surface area contributed by atoms with E-state index in [2.05, 4.69) is 5.32 Å². The molecule has 0 radical (unpaired) electrons. The van der Waals surface area contributed by atoms with Crippen molar-refractivity contribution in [2.45, 2.75) is 12.7 Å². The topological polar surface area (TPSA) is 38.3 Å². The lowest BCUT2D eigenvalue weighted by atomic mass is 10.2. The largest absolute Gasteiger partial charge is 0.494 e. The van der Waals surface area contributed by atoms with E-state index in [0.29, 0.717) is 18.1 Å². The number of rotatable bonds is 7. The molecule has 0 spiro atoms. The Kier molecular flexibility index (Phi) is 6.27. The molecule has 1 N–H and O–H groups in total. The minimum Gasteiger partial charge on any atom is -0.494 e. The lowest BCUT2D eigenvalue weighted by Gasteiger charge is -2.07. The Morgan fingerprint density at radius 1 is 1.14 bits per heavy atom. The number of ether oxygens (including phenoxy) is 1. The van der Waals surface area contributed by atoms with E-state index in [-0.39, 0.29) is 11.7 Å². The number of benzene rings is 2. The van der Waals surface area contributed by atoms with Gasteiger partial charge in [0, 0.05) is 11.4 Å². The zero-order chi connectivity index (χ0) is 15.8. The number of nitrogens with one attached hydrogen (secondary N) is 1. The summed E-state index contributed by atoms with van der Waals surface area (Å²) in [5, 5.41) is 2.83. The third-order valence-corrected chi connectivity index (χ3v) is 3.87. The molecule has 0 bridgehead atoms. The normalized spacial score (nSPS) is 10.3. The van der Waals surface area contributed by atoms with Crippen molar-refractivity contribution in [1.29, 1.82) is 0 Å². The average molecular weight is 319 g/mol. The van der Waals surface area contributed by atoms with Crippen LogP contribution in [-0.4, -0.2) is 18.3 Å². The fourth-order valence-electron chi connectivity index (χ4n) is 1.84. The quantitative estimate of drug-likeness (QED) is 0.835. The van der Waals surface area contributed by atoms with Gasteiger partial charge in [0.15, 0.2) is 0 Å². The Morgan fingerprint density at radius 2 is 1.82 bits per heavy atom. The van der Waals surface area contributed by atoms with Gasteiger partial charge in [-0.1, -0.05) is 12.1 Å². The second-order valence-electron chi connectivity index (χ2n) is 4.62. The van der Waals surface area contributed by atoms with E-state index in [4.69, 9.17) is 4.74 Å². The van der Waals surface area contributed by atoms with Gasteiger partial charge in [-0.3, -0.25) is 4.79 Å². The van der Waals surface area contributed by atoms with E-state index < -0.39 is 0 Å². The molecule has 0 saturated carbocycles. The van der Waals surface area contributed by atoms with Crippen LogP contribution in [0.4, 0.5) is 10.1 Å². The van der Waals surface area contributed by atoms with E-state index in [9.17, 15) is 9.18 Å². The molecular weight excluding hydrogens is 301 g/mol. The Morgan fingerprint density at radius 3 is 2.45 bits per heavy atom. The van der Waals surface area contributed by atoms with Crippen molar-refractivity contribution in [3.8, 4) is 5.75 Å². The summed E-state index contributed by atoms with van der Waals surface area (Å²) < 4.78 is 18.1. The molecule has 22 heavy (non-hydrogen) atoms. The van der Waals surface area contributed by atoms with E-state index in [1.165, 1.54) is 23.9 Å². The lowest BCUT2D eigenvalue weighted by Crippen LogP contribution is -2.14. The highest BCUT2D eigenvalue weighted by Crippen LogP contribution is 2.17. The zero-order valence-electron chi connectivity index (χ0n) is 12.3. The summed E-state index contributed by atoms with van der Waals surface area (Å²) in [5.74, 6) is 1.51. The molecule has 0 saturated heterocycles. The number of hydrogen-bond donors (Lipinski definition) is 1. The third kappa shape index (κ3) is 5.41. The number of amides is 1. The second-order valence-corrected chi connectivity index (χ2v) is 5.61. The van der Waals surface area contributed by atoms with Gasteiger partial charge in [-0.05, 0) is 48.9 Å². The molecule has 0 aliphatic rings. The lowest BCUT2D eigenvalue weighted by molar-refractivity contribution is -0.113. The van der Waals surface area contributed by atoms with E-state index >= 15 is 0 Å². The highest BCUT2D eigenvalue weighted by molar-refractivity contribution is 7.99. The van der Waals surface area contributed by atoms with E-state index in [1.54, 1.807) is 12.1 Å². The van der Waals surface area contributed by atoms with Crippen LogP contribution in [0.2, 0.25) is 0 Å². The summed E-state index contributed by atoms with van der Waals surface area (Å²) in [6.45, 7) is 2.54. The van der Waals surface area contributed by atoms with Gasteiger partial charge >= 0.3 is 0 Å². The van der Waals surface area contributed by atoms with E-state index in [1.807, 2.05) is 31.2 Å². The Bertz CT molecular complexity index is 599. The first-order chi connectivity index (χ1) is 10.7. The number of halogens is 1. The molecule has 0 aliphatic carbocycles. The van der Waals surface area contributed by atoms with Crippen molar-refractivity contribution in [2.24, 2.45) is 0 Å². The van der Waals surface area contributed by atoms with Gasteiger partial charge in [0.1, 0.15) is 11.6 Å². The van der Waals surface area contributed by atoms with Crippen molar-refractivity contribution >= 4 is 23.4 Å². The second kappa shape index (κ2) is 8.44. The van der Waals surface area contributed by atoms with Crippen LogP contribution in [0.1, 0.15) is 12.5 Å². The number of hydrogen-bond acceptors (Lipinski definition) is 3. The molecule has 3 nitrogen and oxygen atoms in total. The number of thioether (sulfide) groups is 1. The first kappa shape index (κ1) is 16.4. The van der Waals surface area contributed by atoms with Crippen LogP contribution in [0.5, 0.6) is 5.75 Å². The van der Waals surface area contributed by atoms with Crippen molar-refractivity contribution in [2.75, 3.05) is 17.7 Å². The predicted octanol–water partition coefficient (Wildman–Crippen LogP) is 4.10. The van der Waals surface area contributed by atoms with Crippen LogP contribution in [0.25, 0.3) is 0 Å². The number of carbonyl (C=O) groups excluding carboxylic acids is 1. The minimum atomic E-state index is -0.248. The SMILES string of the molecule is CCOc1ccc(NC(=O)CSCc2ccc(F)cc2)cc1. The van der Waals surface area contributed by atoms with E-state index in [0.717, 1.165) is 17.0 Å². The fourth-order valence-corrected chi connectivity index (χ4v) is 2.63. The van der Waals surface area contributed by atoms with Gasteiger partial charge < -0.3 is 10.1 Å². The van der Waals surface area contributed by atoms with Crippen molar-refractivity contribution in [3.05, 3.63) is 59.9 Å². The molecule has 0 heterocycles. The first-order valence-corrected chi connectivity index (χ1v) is 8.17. The molecule has 2 rings (SSSR count). The smallest absolute Gasteiger partial charge is 0.234 e. The minimum absolute atomic E-state index is 0.0590. The average Bonchev–Trinajstić information content (AvgIpc) is 2.51. The predicted molar refractivity (Wildman–Crippen MR) is 88.8 cm³/mol. The van der Waals surface area contributed by atoms with Crippen LogP contribution >= 0.6 is 11.8 Å². The van der Waals surface area contributed by atoms with Crippen molar-refractivity contribution in [3.63, 3.8) is 0 Å². The Labute approximate surface area is 133 Å². The summed E-state index contributed by atoms with van der Waals surface area (Å²) in [7, 11) is 0. The van der Waals surface area contributed by atoms with Gasteiger partial charge in [-0.25, -0.2) is 4.39 Å². The highest BCUT2D eigenvalue weighted by Gasteiger charge is 2.03. The maximum Gasteiger partial charge on any atom is 0.234 e. The molecule has 0 aromatic heterocycles. The standard InChI is InChI=1S/C17H18FNO2S/c1-2-21-16-9-7-15(8-10-16)19-17(20)12-22-11-13-3-5-14(18)6-4-13/h3-10H,2,11-12H2,1H3,(H,19,20). The molecule has 0 fully saturated rings. The molecule has 116 valence electrons. The molecule has 2 aromatic carbocycles. The summed E-state index contributed by atoms with van der Waals surface area (Å²) in [6.07, 6.45) is 0. The maximum atomic E-state index is 12.8. The Hall–Kier alpha value is -2.01. The summed E-state index contributed by atoms with van der Waals surface area (Å²) in [6, 6.07) is 13.6. The molecule has 0 atom stereocenters. The monoisotopic (exact) mass is 319 g/mol. The van der Waals surface area contributed by atoms with Crippen LogP contribution in [0.3, 0.4) is 0 Å². The molecule has 1 amide bonds. The molecular formula is C17H18FNO2S. The van der Waals surface area contributed by atoms with Gasteiger partial charge in [0.25, 0.3) is 0 Å². The molecule has 0 aliphatic heterocycles. The highest BCUT2D eigenvalue weighted by atomic mass is 32.2. The molecule has 2 aromatic rings. The summed E-state index contributed by atoms with van der Waals surface area (Å²) in [4.78, 5) is 11.8. The summed E-state index contributed by atoms with van der Waals surface area (Å²) in [5.41, 5.74) is 1.75. The van der Waals surface area contributed by atoms with Crippen LogP contribution in [-0.2, 0) is 10.5 Å². The molecule has 0 unspecified atom stereocenters. The van der Waals surface area contributed by atoms with Crippen molar-refractivity contribution in [1.82, 2.24) is 0 Å².